The van der Waals surface area contributed by atoms with Gasteiger partial charge in [0.2, 0.25) is 8.03 Å². The summed E-state index contributed by atoms with van der Waals surface area (Å²) < 4.78 is 10.6. The quantitative estimate of drug-likeness (QED) is 0.480. The molecule has 0 aliphatic carbocycles. The normalized spacial score (nSPS) is 16.3. The van der Waals surface area contributed by atoms with E-state index < -0.39 is 8.03 Å². The monoisotopic (exact) mass is 179 g/mol. The highest BCUT2D eigenvalue weighted by molar-refractivity contribution is 7.38. The van der Waals surface area contributed by atoms with Gasteiger partial charge in [-0.2, -0.15) is 0 Å². The minimum absolute atomic E-state index is 0.174. The van der Waals surface area contributed by atoms with Crippen LogP contribution < -0.4 is 5.32 Å². The molecule has 3 nitrogen and oxygen atoms in total. The van der Waals surface area contributed by atoms with Gasteiger partial charge in [0.05, 0.1) is 5.78 Å². The summed E-state index contributed by atoms with van der Waals surface area (Å²) in [5.41, 5.74) is 0. The van der Waals surface area contributed by atoms with Crippen molar-refractivity contribution in [3.8, 4) is 0 Å². The zero-order chi connectivity index (χ0) is 8.69. The van der Waals surface area contributed by atoms with Crippen LogP contribution in [0.3, 0.4) is 0 Å². The highest BCUT2D eigenvalue weighted by Crippen LogP contribution is 2.22. The van der Waals surface area contributed by atoms with Gasteiger partial charge < -0.3 is 10.2 Å². The number of unbranched alkanes of at least 4 members (excludes halogenated alkanes) is 1. The Morgan fingerprint density at radius 2 is 2.18 bits per heavy atom. The summed E-state index contributed by atoms with van der Waals surface area (Å²) in [5, 5.41) is 3.05. The van der Waals surface area contributed by atoms with Crippen LogP contribution in [0.4, 0.5) is 0 Å². The molecule has 11 heavy (non-hydrogen) atoms. The second-order valence-corrected chi connectivity index (χ2v) is 3.98. The predicted octanol–water partition coefficient (Wildman–Crippen LogP) is 1.58. The third-order valence-electron chi connectivity index (χ3n) is 1.63. The first-order chi connectivity index (χ1) is 5.22. The van der Waals surface area contributed by atoms with Gasteiger partial charge in [-0.15, -0.1) is 0 Å². The molecule has 0 rings (SSSR count). The molecular formula is C7H18NO2P. The van der Waals surface area contributed by atoms with Gasteiger partial charge in [-0.1, -0.05) is 20.3 Å². The van der Waals surface area contributed by atoms with Crippen molar-refractivity contribution in [3.05, 3.63) is 0 Å². The molecule has 0 aliphatic heterocycles. The fourth-order valence-corrected chi connectivity index (χ4v) is 1.53. The summed E-state index contributed by atoms with van der Waals surface area (Å²) >= 11 is 0. The first-order valence-corrected chi connectivity index (χ1v) is 5.61. The third kappa shape index (κ3) is 5.42. The van der Waals surface area contributed by atoms with Gasteiger partial charge in [-0.25, -0.2) is 0 Å². The molecule has 68 valence electrons. The van der Waals surface area contributed by atoms with Gasteiger partial charge >= 0.3 is 0 Å². The van der Waals surface area contributed by atoms with E-state index in [0.717, 1.165) is 25.8 Å². The predicted molar refractivity (Wildman–Crippen MR) is 48.2 cm³/mol. The van der Waals surface area contributed by atoms with E-state index in [9.17, 15) is 4.57 Å². The van der Waals surface area contributed by atoms with Gasteiger partial charge in [-0.05, 0) is 19.4 Å². The van der Waals surface area contributed by atoms with Crippen LogP contribution in [0.2, 0.25) is 0 Å². The molecule has 0 aromatic heterocycles. The van der Waals surface area contributed by atoms with Crippen molar-refractivity contribution < 1.29 is 9.46 Å². The van der Waals surface area contributed by atoms with Crippen molar-refractivity contribution in [1.29, 1.82) is 0 Å². The lowest BCUT2D eigenvalue weighted by molar-refractivity contribution is 0.464. The largest absolute Gasteiger partial charge is 0.345 e. The van der Waals surface area contributed by atoms with E-state index in [1.807, 2.05) is 6.92 Å². The SMILES string of the molecule is CCCCNC(CC)[PH](=O)O. The maximum absolute atomic E-state index is 10.6. The van der Waals surface area contributed by atoms with Gasteiger partial charge in [0.1, 0.15) is 0 Å². The van der Waals surface area contributed by atoms with Crippen molar-refractivity contribution in [2.45, 2.75) is 38.9 Å². The van der Waals surface area contributed by atoms with Gasteiger partial charge in [0, 0.05) is 0 Å². The molecule has 4 heteroatoms. The standard InChI is InChI=1S/C7H18NO2P/c1-3-5-6-8-7(4-2)11(9)10/h7-8,11H,3-6H2,1-2H3,(H,9,10). The molecular weight excluding hydrogens is 161 g/mol. The zero-order valence-electron chi connectivity index (χ0n) is 7.26. The first kappa shape index (κ1) is 11.2. The summed E-state index contributed by atoms with van der Waals surface area (Å²) in [6, 6.07) is 0. The van der Waals surface area contributed by atoms with Gasteiger partial charge in [0.25, 0.3) is 0 Å². The second-order valence-electron chi connectivity index (χ2n) is 2.61. The molecule has 0 aliphatic rings. The average molecular weight is 179 g/mol. The topological polar surface area (TPSA) is 49.3 Å². The summed E-state index contributed by atoms with van der Waals surface area (Å²) in [7, 11) is -2.37. The molecule has 2 atom stereocenters. The van der Waals surface area contributed by atoms with Crippen LogP contribution in [0, 0.1) is 0 Å². The van der Waals surface area contributed by atoms with Crippen LogP contribution in [0.15, 0.2) is 0 Å². The van der Waals surface area contributed by atoms with E-state index in [4.69, 9.17) is 4.89 Å². The summed E-state index contributed by atoms with van der Waals surface area (Å²) in [4.78, 5) is 8.80. The van der Waals surface area contributed by atoms with Crippen LogP contribution in [0.25, 0.3) is 0 Å². The Labute approximate surface area is 69.1 Å². The molecule has 0 saturated heterocycles. The van der Waals surface area contributed by atoms with E-state index in [0.29, 0.717) is 0 Å². The molecule has 0 aromatic rings. The van der Waals surface area contributed by atoms with Crippen molar-refractivity contribution >= 4 is 8.03 Å². The molecule has 0 heterocycles. The van der Waals surface area contributed by atoms with Crippen molar-refractivity contribution in [2.24, 2.45) is 0 Å². The number of hydrogen-bond donors (Lipinski definition) is 2. The summed E-state index contributed by atoms with van der Waals surface area (Å²) in [5.74, 6) is -0.174. The fourth-order valence-electron chi connectivity index (χ4n) is 0.859. The Morgan fingerprint density at radius 1 is 1.55 bits per heavy atom. The van der Waals surface area contributed by atoms with Crippen LogP contribution in [0.1, 0.15) is 33.1 Å². The average Bonchev–Trinajstić information content (AvgIpc) is 1.97. The lowest BCUT2D eigenvalue weighted by Gasteiger charge is -2.12. The zero-order valence-corrected chi connectivity index (χ0v) is 8.26. The molecule has 2 unspecified atom stereocenters. The third-order valence-corrected chi connectivity index (χ3v) is 2.84. The highest BCUT2D eigenvalue weighted by Gasteiger charge is 2.09. The van der Waals surface area contributed by atoms with Crippen molar-refractivity contribution in [3.63, 3.8) is 0 Å². The fraction of sp³-hybridized carbons (Fsp3) is 1.00. The van der Waals surface area contributed by atoms with Crippen LogP contribution in [-0.4, -0.2) is 17.2 Å². The van der Waals surface area contributed by atoms with E-state index in [1.54, 1.807) is 0 Å². The smallest absolute Gasteiger partial charge is 0.205 e. The number of nitrogens with one attached hydrogen (secondary N) is 1. The Balaban J connectivity index is 3.44. The minimum Gasteiger partial charge on any atom is -0.345 e. The molecule has 0 radical (unpaired) electrons. The van der Waals surface area contributed by atoms with Crippen LogP contribution in [0.5, 0.6) is 0 Å². The first-order valence-electron chi connectivity index (χ1n) is 4.18. The maximum atomic E-state index is 10.6. The van der Waals surface area contributed by atoms with E-state index in [1.165, 1.54) is 0 Å². The second kappa shape index (κ2) is 6.84. The van der Waals surface area contributed by atoms with Crippen molar-refractivity contribution in [2.75, 3.05) is 6.54 Å². The highest BCUT2D eigenvalue weighted by atomic mass is 31.1. The van der Waals surface area contributed by atoms with E-state index in [-0.39, 0.29) is 5.78 Å². The van der Waals surface area contributed by atoms with E-state index in [2.05, 4.69) is 12.2 Å². The molecule has 2 N–H and O–H groups in total. The van der Waals surface area contributed by atoms with Crippen LogP contribution >= 0.6 is 8.03 Å². The molecule has 0 bridgehead atoms. The number of hydrogen-bond acceptors (Lipinski definition) is 2. The Hall–Kier alpha value is 0.150. The Morgan fingerprint density at radius 3 is 2.55 bits per heavy atom. The van der Waals surface area contributed by atoms with Gasteiger partial charge in [0.15, 0.2) is 0 Å². The molecule has 0 amide bonds. The molecule has 0 saturated carbocycles. The molecule has 0 fully saturated rings. The van der Waals surface area contributed by atoms with Gasteiger partial charge in [-0.3, -0.25) is 4.57 Å². The molecule has 0 spiro atoms. The summed E-state index contributed by atoms with van der Waals surface area (Å²) in [6.45, 7) is 4.87. The molecule has 0 aromatic carbocycles. The summed E-state index contributed by atoms with van der Waals surface area (Å²) in [6.07, 6.45) is 2.93. The maximum Gasteiger partial charge on any atom is 0.205 e. The Kier molecular flexibility index (Phi) is 6.93. The van der Waals surface area contributed by atoms with Crippen molar-refractivity contribution in [1.82, 2.24) is 5.32 Å². The lowest BCUT2D eigenvalue weighted by atomic mass is 10.3. The number of rotatable bonds is 6. The Bertz CT molecular complexity index is 119. The lowest BCUT2D eigenvalue weighted by Crippen LogP contribution is -2.25. The minimum atomic E-state index is -2.37. The van der Waals surface area contributed by atoms with E-state index >= 15 is 0 Å². The van der Waals surface area contributed by atoms with Crippen LogP contribution in [-0.2, 0) is 4.57 Å².